The normalized spacial score (nSPS) is 10.8. The van der Waals surface area contributed by atoms with Crippen molar-refractivity contribution in [3.05, 3.63) is 23.8 Å². The van der Waals surface area contributed by atoms with Gasteiger partial charge in [-0.05, 0) is 37.1 Å². The molecule has 5 heteroatoms. The molecule has 0 spiro atoms. The van der Waals surface area contributed by atoms with E-state index in [-0.39, 0.29) is 0 Å². The zero-order chi connectivity index (χ0) is 12.4. The second kappa shape index (κ2) is 5.06. The summed E-state index contributed by atoms with van der Waals surface area (Å²) in [6, 6.07) is 6.08. The molecule has 0 saturated heterocycles. The molecule has 0 aliphatic carbocycles. The molecular formula is C12H14N2OS2. The SMILES string of the molecule is CSc1cc(-c2cc(N)on2)c(SC)cc1C. The predicted octanol–water partition coefficient (Wildman–Crippen LogP) is 3.68. The van der Waals surface area contributed by atoms with Gasteiger partial charge < -0.3 is 10.3 Å². The van der Waals surface area contributed by atoms with Crippen LogP contribution in [0.4, 0.5) is 5.88 Å². The van der Waals surface area contributed by atoms with E-state index in [0.29, 0.717) is 5.88 Å². The van der Waals surface area contributed by atoms with E-state index >= 15 is 0 Å². The summed E-state index contributed by atoms with van der Waals surface area (Å²) >= 11 is 3.43. The van der Waals surface area contributed by atoms with Gasteiger partial charge >= 0.3 is 0 Å². The highest BCUT2D eigenvalue weighted by molar-refractivity contribution is 7.99. The van der Waals surface area contributed by atoms with Gasteiger partial charge in [-0.3, -0.25) is 0 Å². The topological polar surface area (TPSA) is 52.0 Å². The molecule has 0 aliphatic heterocycles. The monoisotopic (exact) mass is 266 g/mol. The number of nitrogen functional groups attached to an aromatic ring is 1. The summed E-state index contributed by atoms with van der Waals surface area (Å²) in [6.45, 7) is 2.12. The van der Waals surface area contributed by atoms with Gasteiger partial charge in [-0.1, -0.05) is 5.16 Å². The minimum atomic E-state index is 0.346. The first-order valence-corrected chi connectivity index (χ1v) is 7.56. The smallest absolute Gasteiger partial charge is 0.222 e. The molecule has 0 radical (unpaired) electrons. The van der Waals surface area contributed by atoms with E-state index in [0.717, 1.165) is 11.3 Å². The van der Waals surface area contributed by atoms with Gasteiger partial charge in [0.15, 0.2) is 0 Å². The fraction of sp³-hybridized carbons (Fsp3) is 0.250. The quantitative estimate of drug-likeness (QED) is 0.859. The number of benzene rings is 1. The first kappa shape index (κ1) is 12.4. The van der Waals surface area contributed by atoms with Crippen molar-refractivity contribution < 1.29 is 4.52 Å². The van der Waals surface area contributed by atoms with Gasteiger partial charge in [0.05, 0.1) is 0 Å². The molecule has 0 bridgehead atoms. The van der Waals surface area contributed by atoms with Crippen LogP contribution in [0.2, 0.25) is 0 Å². The Hall–Kier alpha value is -1.07. The van der Waals surface area contributed by atoms with Crippen LogP contribution in [0.3, 0.4) is 0 Å². The van der Waals surface area contributed by atoms with Gasteiger partial charge in [-0.2, -0.15) is 0 Å². The number of rotatable bonds is 3. The van der Waals surface area contributed by atoms with E-state index in [1.165, 1.54) is 15.4 Å². The molecule has 0 amide bonds. The number of nitrogens with two attached hydrogens (primary N) is 1. The van der Waals surface area contributed by atoms with Gasteiger partial charge in [-0.15, -0.1) is 23.5 Å². The molecule has 1 aromatic heterocycles. The molecule has 90 valence electrons. The standard InChI is InChI=1S/C12H14N2OS2/c1-7-4-11(17-3)8(5-10(7)16-2)9-6-12(13)15-14-9/h4-6H,13H2,1-3H3. The highest BCUT2D eigenvalue weighted by atomic mass is 32.2. The Morgan fingerprint density at radius 3 is 2.35 bits per heavy atom. The fourth-order valence-corrected chi connectivity index (χ4v) is 2.96. The van der Waals surface area contributed by atoms with E-state index in [1.807, 2.05) is 0 Å². The van der Waals surface area contributed by atoms with Crippen molar-refractivity contribution in [2.24, 2.45) is 0 Å². The average Bonchev–Trinajstić information content (AvgIpc) is 2.75. The largest absolute Gasteiger partial charge is 0.368 e. The van der Waals surface area contributed by atoms with Crippen LogP contribution in [0.15, 0.2) is 32.5 Å². The summed E-state index contributed by atoms with van der Waals surface area (Å²) in [6.07, 6.45) is 4.13. The zero-order valence-electron chi connectivity index (χ0n) is 9.98. The number of aromatic nitrogens is 1. The van der Waals surface area contributed by atoms with E-state index in [9.17, 15) is 0 Å². The number of anilines is 1. The molecule has 0 aliphatic rings. The van der Waals surface area contributed by atoms with Crippen molar-refractivity contribution >= 4 is 29.4 Å². The van der Waals surface area contributed by atoms with Crippen molar-refractivity contribution in [2.45, 2.75) is 16.7 Å². The maximum Gasteiger partial charge on any atom is 0.222 e. The lowest BCUT2D eigenvalue weighted by Gasteiger charge is -2.09. The van der Waals surface area contributed by atoms with E-state index < -0.39 is 0 Å². The molecule has 1 heterocycles. The molecule has 17 heavy (non-hydrogen) atoms. The van der Waals surface area contributed by atoms with Crippen molar-refractivity contribution in [1.29, 1.82) is 0 Å². The summed E-state index contributed by atoms with van der Waals surface area (Å²) < 4.78 is 4.93. The van der Waals surface area contributed by atoms with Crippen molar-refractivity contribution in [1.82, 2.24) is 5.16 Å². The van der Waals surface area contributed by atoms with Gasteiger partial charge in [-0.25, -0.2) is 0 Å². The zero-order valence-corrected chi connectivity index (χ0v) is 11.6. The molecule has 2 aromatic rings. The Morgan fingerprint density at radius 2 is 1.82 bits per heavy atom. The van der Waals surface area contributed by atoms with Crippen molar-refractivity contribution in [3.63, 3.8) is 0 Å². The number of thioether (sulfide) groups is 2. The maximum absolute atomic E-state index is 5.57. The number of aryl methyl sites for hydroxylation is 1. The van der Waals surface area contributed by atoms with Crippen LogP contribution in [-0.2, 0) is 0 Å². The van der Waals surface area contributed by atoms with Crippen LogP contribution < -0.4 is 5.73 Å². The maximum atomic E-state index is 5.57. The van der Waals surface area contributed by atoms with Crippen LogP contribution >= 0.6 is 23.5 Å². The highest BCUT2D eigenvalue weighted by Gasteiger charge is 2.12. The van der Waals surface area contributed by atoms with Gasteiger partial charge in [0, 0.05) is 21.4 Å². The van der Waals surface area contributed by atoms with E-state index in [2.05, 4.69) is 36.7 Å². The molecule has 2 N–H and O–H groups in total. The minimum absolute atomic E-state index is 0.346. The lowest BCUT2D eigenvalue weighted by atomic mass is 10.1. The summed E-state index contributed by atoms with van der Waals surface area (Å²) in [5.74, 6) is 0.346. The van der Waals surface area contributed by atoms with E-state index in [1.54, 1.807) is 29.6 Å². The van der Waals surface area contributed by atoms with Gasteiger partial charge in [0.25, 0.3) is 0 Å². The summed E-state index contributed by atoms with van der Waals surface area (Å²) in [5, 5.41) is 3.98. The lowest BCUT2D eigenvalue weighted by molar-refractivity contribution is 0.439. The third-order valence-electron chi connectivity index (χ3n) is 2.52. The third-order valence-corrected chi connectivity index (χ3v) is 4.18. The Balaban J connectivity index is 2.58. The Morgan fingerprint density at radius 1 is 1.12 bits per heavy atom. The molecule has 2 rings (SSSR count). The first-order chi connectivity index (χ1) is 8.15. The number of hydrogen-bond acceptors (Lipinski definition) is 5. The summed E-state index contributed by atoms with van der Waals surface area (Å²) in [7, 11) is 0. The average molecular weight is 266 g/mol. The van der Waals surface area contributed by atoms with Gasteiger partial charge in [0.1, 0.15) is 5.69 Å². The molecule has 0 unspecified atom stereocenters. The Kier molecular flexibility index (Phi) is 3.69. The third kappa shape index (κ3) is 2.45. The Bertz CT molecular complexity index is 537. The van der Waals surface area contributed by atoms with Crippen LogP contribution in [0.5, 0.6) is 0 Å². The second-order valence-electron chi connectivity index (χ2n) is 3.64. The second-order valence-corrected chi connectivity index (χ2v) is 5.33. The van der Waals surface area contributed by atoms with Crippen LogP contribution in [0.25, 0.3) is 11.3 Å². The van der Waals surface area contributed by atoms with Crippen LogP contribution in [0.1, 0.15) is 5.56 Å². The van der Waals surface area contributed by atoms with E-state index in [4.69, 9.17) is 10.3 Å². The predicted molar refractivity (Wildman–Crippen MR) is 74.7 cm³/mol. The lowest BCUT2D eigenvalue weighted by Crippen LogP contribution is -1.87. The number of hydrogen-bond donors (Lipinski definition) is 1. The highest BCUT2D eigenvalue weighted by Crippen LogP contribution is 2.35. The summed E-state index contributed by atoms with van der Waals surface area (Å²) in [4.78, 5) is 2.44. The van der Waals surface area contributed by atoms with Crippen molar-refractivity contribution in [2.75, 3.05) is 18.2 Å². The molecule has 0 atom stereocenters. The molecule has 0 fully saturated rings. The van der Waals surface area contributed by atoms with Crippen LogP contribution in [0, 0.1) is 6.92 Å². The molecule has 3 nitrogen and oxygen atoms in total. The van der Waals surface area contributed by atoms with Crippen LogP contribution in [-0.4, -0.2) is 17.7 Å². The minimum Gasteiger partial charge on any atom is -0.368 e. The Labute approximate surface area is 109 Å². The fourth-order valence-electron chi connectivity index (χ4n) is 1.67. The van der Waals surface area contributed by atoms with Gasteiger partial charge in [0.2, 0.25) is 5.88 Å². The molecule has 0 saturated carbocycles. The summed E-state index contributed by atoms with van der Waals surface area (Å²) in [5.41, 5.74) is 8.72. The number of nitrogens with zero attached hydrogens (tertiary/aromatic N) is 1. The molecular weight excluding hydrogens is 252 g/mol. The van der Waals surface area contributed by atoms with Crippen molar-refractivity contribution in [3.8, 4) is 11.3 Å². The molecule has 1 aromatic carbocycles. The first-order valence-electron chi connectivity index (χ1n) is 5.11.